The lowest BCUT2D eigenvalue weighted by Crippen LogP contribution is -2.42. The third kappa shape index (κ3) is 5.14. The summed E-state index contributed by atoms with van der Waals surface area (Å²) in [5.41, 5.74) is 0.400. The molecule has 1 aromatic carbocycles. The number of hydrogen-bond donors (Lipinski definition) is 2. The summed E-state index contributed by atoms with van der Waals surface area (Å²) in [5, 5.41) is 6.81. The van der Waals surface area contributed by atoms with Crippen LogP contribution in [-0.4, -0.2) is 48.8 Å². The Balaban J connectivity index is 0.00000280. The smallest absolute Gasteiger partial charge is 0.261 e. The molecule has 9 heteroatoms. The molecule has 3 rings (SSSR count). The number of benzene rings is 1. The van der Waals surface area contributed by atoms with Crippen LogP contribution in [-0.2, 0) is 11.3 Å². The van der Waals surface area contributed by atoms with E-state index >= 15 is 0 Å². The fourth-order valence-corrected chi connectivity index (χ4v) is 3.32. The fourth-order valence-electron chi connectivity index (χ4n) is 3.32. The molecule has 0 radical (unpaired) electrons. The second kappa shape index (κ2) is 10.3. The number of aromatic nitrogens is 2. The Labute approximate surface area is 170 Å². The Morgan fingerprint density at radius 3 is 2.61 bits per heavy atom. The average Bonchev–Trinajstić information content (AvgIpc) is 2.69. The monoisotopic (exact) mass is 410 g/mol. The molecule has 2 heterocycles. The van der Waals surface area contributed by atoms with Gasteiger partial charge in [0.25, 0.3) is 5.56 Å². The van der Waals surface area contributed by atoms with Gasteiger partial charge in [-0.05, 0) is 38.4 Å². The molecule has 0 unspecified atom stereocenters. The number of halogens is 1. The molecule has 0 spiro atoms. The fraction of sp³-hybridized carbons (Fsp3) is 0.526. The summed E-state index contributed by atoms with van der Waals surface area (Å²) in [7, 11) is 3.07. The molecule has 2 N–H and O–H groups in total. The lowest BCUT2D eigenvalue weighted by Gasteiger charge is -2.23. The summed E-state index contributed by atoms with van der Waals surface area (Å²) >= 11 is 0. The van der Waals surface area contributed by atoms with Crippen molar-refractivity contribution in [3.05, 3.63) is 28.8 Å². The van der Waals surface area contributed by atoms with Gasteiger partial charge in [0.1, 0.15) is 0 Å². The van der Waals surface area contributed by atoms with Crippen LogP contribution in [0.5, 0.6) is 11.5 Å². The summed E-state index contributed by atoms with van der Waals surface area (Å²) in [6, 6.07) is 3.59. The highest BCUT2D eigenvalue weighted by atomic mass is 35.5. The molecule has 2 aromatic rings. The van der Waals surface area contributed by atoms with Crippen LogP contribution in [0.4, 0.5) is 0 Å². The second-order valence-corrected chi connectivity index (χ2v) is 6.66. The van der Waals surface area contributed by atoms with Crippen LogP contribution in [0.3, 0.4) is 0 Å². The van der Waals surface area contributed by atoms with Gasteiger partial charge in [-0.3, -0.25) is 14.2 Å². The molecule has 8 nitrogen and oxygen atoms in total. The van der Waals surface area contributed by atoms with E-state index in [0.29, 0.717) is 41.8 Å². The third-order valence-corrected chi connectivity index (χ3v) is 4.84. The lowest BCUT2D eigenvalue weighted by molar-refractivity contribution is -0.122. The Bertz CT molecular complexity index is 865. The van der Waals surface area contributed by atoms with Gasteiger partial charge < -0.3 is 20.1 Å². The molecule has 1 fully saturated rings. The van der Waals surface area contributed by atoms with Crippen molar-refractivity contribution in [2.45, 2.75) is 38.3 Å². The number of hydrogen-bond acceptors (Lipinski definition) is 6. The molecule has 1 aromatic heterocycles. The molecule has 28 heavy (non-hydrogen) atoms. The number of carbonyl (C=O) groups is 1. The Morgan fingerprint density at radius 2 is 1.93 bits per heavy atom. The highest BCUT2D eigenvalue weighted by molar-refractivity contribution is 5.85. The number of carbonyl (C=O) groups excluding carboxylic acids is 1. The maximum absolute atomic E-state index is 12.7. The zero-order chi connectivity index (χ0) is 19.2. The van der Waals surface area contributed by atoms with Gasteiger partial charge in [-0.1, -0.05) is 0 Å². The molecule has 0 saturated carbocycles. The van der Waals surface area contributed by atoms with Crippen LogP contribution in [0.1, 0.15) is 25.7 Å². The minimum atomic E-state index is -0.153. The van der Waals surface area contributed by atoms with Crippen molar-refractivity contribution in [1.82, 2.24) is 20.2 Å². The predicted octanol–water partition coefficient (Wildman–Crippen LogP) is 1.48. The van der Waals surface area contributed by atoms with E-state index in [9.17, 15) is 9.59 Å². The van der Waals surface area contributed by atoms with Crippen molar-refractivity contribution in [2.75, 3.05) is 27.3 Å². The molecular weight excluding hydrogens is 384 g/mol. The zero-order valence-corrected chi connectivity index (χ0v) is 17.0. The van der Waals surface area contributed by atoms with E-state index in [1.165, 1.54) is 18.0 Å². The summed E-state index contributed by atoms with van der Waals surface area (Å²) < 4.78 is 12.0. The van der Waals surface area contributed by atoms with E-state index in [-0.39, 0.29) is 29.9 Å². The first-order valence-corrected chi connectivity index (χ1v) is 9.23. The number of fused-ring (bicyclic) bond motifs is 1. The standard InChI is InChI=1S/C19H26N4O4.ClH/c1-26-16-10-14-15(11-17(16)27-2)21-12-23(19(14)25)9-3-4-18(24)22-13-5-7-20-8-6-13;/h10-13,20H,3-9H2,1-2H3,(H,22,24);1H. The second-order valence-electron chi connectivity index (χ2n) is 6.66. The van der Waals surface area contributed by atoms with Gasteiger partial charge in [0.2, 0.25) is 5.91 Å². The number of ether oxygens (including phenoxy) is 2. The van der Waals surface area contributed by atoms with E-state index in [0.717, 1.165) is 25.9 Å². The molecule has 0 atom stereocenters. The van der Waals surface area contributed by atoms with Gasteiger partial charge in [-0.15, -0.1) is 12.4 Å². The van der Waals surface area contributed by atoms with Crippen LogP contribution in [0, 0.1) is 0 Å². The van der Waals surface area contributed by atoms with E-state index in [1.807, 2.05) is 0 Å². The van der Waals surface area contributed by atoms with E-state index in [4.69, 9.17) is 9.47 Å². The SMILES string of the molecule is COc1cc2ncn(CCCC(=O)NC3CCNCC3)c(=O)c2cc1OC.Cl. The molecule has 0 aliphatic carbocycles. The van der Waals surface area contributed by atoms with Crippen molar-refractivity contribution < 1.29 is 14.3 Å². The maximum Gasteiger partial charge on any atom is 0.261 e. The lowest BCUT2D eigenvalue weighted by atomic mass is 10.1. The summed E-state index contributed by atoms with van der Waals surface area (Å²) in [5.74, 6) is 1.06. The summed E-state index contributed by atoms with van der Waals surface area (Å²) in [4.78, 5) is 29.1. The number of methoxy groups -OCH3 is 2. The van der Waals surface area contributed by atoms with Crippen LogP contribution in [0.2, 0.25) is 0 Å². The Morgan fingerprint density at radius 1 is 1.25 bits per heavy atom. The molecule has 154 valence electrons. The summed E-state index contributed by atoms with van der Waals surface area (Å²) in [6.07, 6.45) is 4.41. The van der Waals surface area contributed by atoms with E-state index in [2.05, 4.69) is 15.6 Å². The first-order valence-electron chi connectivity index (χ1n) is 9.23. The van der Waals surface area contributed by atoms with E-state index < -0.39 is 0 Å². The first kappa shape index (κ1) is 22.0. The molecule has 0 bridgehead atoms. The Kier molecular flexibility index (Phi) is 8.07. The average molecular weight is 411 g/mol. The molecule has 1 aliphatic rings. The van der Waals surface area contributed by atoms with Crippen LogP contribution >= 0.6 is 12.4 Å². The Hall–Kier alpha value is -2.32. The summed E-state index contributed by atoms with van der Waals surface area (Å²) in [6.45, 7) is 2.32. The van der Waals surface area contributed by atoms with E-state index in [1.54, 1.807) is 19.2 Å². The van der Waals surface area contributed by atoms with Gasteiger partial charge in [0.15, 0.2) is 11.5 Å². The number of nitrogens with zero attached hydrogens (tertiary/aromatic N) is 2. The van der Waals surface area contributed by atoms with Crippen molar-refractivity contribution in [2.24, 2.45) is 0 Å². The van der Waals surface area contributed by atoms with Crippen molar-refractivity contribution in [1.29, 1.82) is 0 Å². The zero-order valence-electron chi connectivity index (χ0n) is 16.2. The number of nitrogens with one attached hydrogen (secondary N) is 2. The minimum Gasteiger partial charge on any atom is -0.493 e. The van der Waals surface area contributed by atoms with Crippen molar-refractivity contribution in [3.8, 4) is 11.5 Å². The van der Waals surface area contributed by atoms with Gasteiger partial charge >= 0.3 is 0 Å². The number of rotatable bonds is 7. The van der Waals surface area contributed by atoms with Crippen molar-refractivity contribution in [3.63, 3.8) is 0 Å². The van der Waals surface area contributed by atoms with Gasteiger partial charge in [-0.25, -0.2) is 4.98 Å². The van der Waals surface area contributed by atoms with Gasteiger partial charge in [-0.2, -0.15) is 0 Å². The minimum absolute atomic E-state index is 0. The number of aryl methyl sites for hydroxylation is 1. The highest BCUT2D eigenvalue weighted by Gasteiger charge is 2.15. The normalized spacial score (nSPS) is 14.4. The first-order chi connectivity index (χ1) is 13.1. The number of piperidine rings is 1. The molecular formula is C19H27ClN4O4. The predicted molar refractivity (Wildman–Crippen MR) is 110 cm³/mol. The molecule has 1 aliphatic heterocycles. The number of amides is 1. The third-order valence-electron chi connectivity index (χ3n) is 4.84. The largest absolute Gasteiger partial charge is 0.493 e. The van der Waals surface area contributed by atoms with Gasteiger partial charge in [0.05, 0.1) is 31.4 Å². The highest BCUT2D eigenvalue weighted by Crippen LogP contribution is 2.29. The van der Waals surface area contributed by atoms with Gasteiger partial charge in [0, 0.05) is 25.1 Å². The maximum atomic E-state index is 12.7. The molecule has 1 amide bonds. The van der Waals surface area contributed by atoms with Crippen LogP contribution in [0.15, 0.2) is 23.3 Å². The van der Waals surface area contributed by atoms with Crippen molar-refractivity contribution >= 4 is 29.2 Å². The van der Waals surface area contributed by atoms with Crippen LogP contribution in [0.25, 0.3) is 10.9 Å². The quantitative estimate of drug-likeness (QED) is 0.718. The van der Waals surface area contributed by atoms with Crippen LogP contribution < -0.4 is 25.7 Å². The molecule has 1 saturated heterocycles. The topological polar surface area (TPSA) is 94.5 Å².